The van der Waals surface area contributed by atoms with Crippen molar-refractivity contribution in [1.29, 1.82) is 0 Å². The van der Waals surface area contributed by atoms with Crippen molar-refractivity contribution in [3.05, 3.63) is 96.1 Å². The number of nitrogens with one attached hydrogen (secondary N) is 1. The van der Waals surface area contributed by atoms with Gasteiger partial charge in [0.1, 0.15) is 5.82 Å². The van der Waals surface area contributed by atoms with Gasteiger partial charge in [-0.2, -0.15) is 5.10 Å². The van der Waals surface area contributed by atoms with Gasteiger partial charge in [0, 0.05) is 23.3 Å². The molecule has 136 valence electrons. The minimum atomic E-state index is -0.354. The third kappa shape index (κ3) is 3.76. The fourth-order valence-electron chi connectivity index (χ4n) is 2.81. The van der Waals surface area contributed by atoms with Crippen molar-refractivity contribution in [2.45, 2.75) is 0 Å². The Balaban J connectivity index is 1.69. The van der Waals surface area contributed by atoms with E-state index >= 15 is 0 Å². The number of amides is 1. The summed E-state index contributed by atoms with van der Waals surface area (Å²) in [5.74, 6) is -0.680. The summed E-state index contributed by atoms with van der Waals surface area (Å²) < 4.78 is 13.2. The number of hydrazone groups is 1. The van der Waals surface area contributed by atoms with E-state index in [-0.39, 0.29) is 11.7 Å². The fraction of sp³-hybridized carbons (Fsp3) is 0. The molecule has 1 amide bonds. The lowest BCUT2D eigenvalue weighted by Crippen LogP contribution is -2.18. The van der Waals surface area contributed by atoms with Gasteiger partial charge < -0.3 is 0 Å². The first kappa shape index (κ1) is 17.5. The summed E-state index contributed by atoms with van der Waals surface area (Å²) in [6.07, 6.45) is 4.84. The van der Waals surface area contributed by atoms with E-state index < -0.39 is 0 Å². The molecule has 0 saturated carbocycles. The van der Waals surface area contributed by atoms with Crippen molar-refractivity contribution < 1.29 is 9.18 Å². The topological polar surface area (TPSA) is 67.2 Å². The van der Waals surface area contributed by atoms with Crippen LogP contribution < -0.4 is 5.43 Å². The van der Waals surface area contributed by atoms with E-state index in [1.165, 1.54) is 12.1 Å². The molecule has 2 aromatic carbocycles. The maximum absolute atomic E-state index is 13.2. The zero-order valence-electron chi connectivity index (χ0n) is 14.7. The highest BCUT2D eigenvalue weighted by Crippen LogP contribution is 2.25. The van der Waals surface area contributed by atoms with Crippen LogP contribution in [0.25, 0.3) is 22.2 Å². The molecule has 2 aromatic heterocycles. The van der Waals surface area contributed by atoms with E-state index in [1.807, 2.05) is 24.3 Å². The number of nitrogens with zero attached hydrogens (tertiary/aromatic N) is 3. The van der Waals surface area contributed by atoms with Crippen LogP contribution in [0.4, 0.5) is 4.39 Å². The fourth-order valence-corrected chi connectivity index (χ4v) is 2.81. The van der Waals surface area contributed by atoms with Gasteiger partial charge in [-0.15, -0.1) is 0 Å². The molecule has 0 spiro atoms. The van der Waals surface area contributed by atoms with E-state index in [0.717, 1.165) is 11.1 Å². The molecule has 6 heteroatoms. The van der Waals surface area contributed by atoms with Crippen molar-refractivity contribution in [2.75, 3.05) is 0 Å². The Bertz CT molecular complexity index is 1160. The highest BCUT2D eigenvalue weighted by atomic mass is 19.1. The number of benzene rings is 2. The number of para-hydroxylation sites is 1. The lowest BCUT2D eigenvalue weighted by atomic mass is 10.0. The molecule has 0 saturated heterocycles. The molecule has 28 heavy (non-hydrogen) atoms. The minimum absolute atomic E-state index is 0.326. The SMILES string of the molecule is O=C(N/N=C\c1ccncc1)c1cc(-c2ccc(F)cc2)nc2ccccc12. The number of halogens is 1. The normalized spacial score (nSPS) is 11.0. The first-order chi connectivity index (χ1) is 13.7. The predicted octanol–water partition coefficient (Wildman–Crippen LogP) is 4.20. The molecule has 0 unspecified atom stereocenters. The predicted molar refractivity (Wildman–Crippen MR) is 106 cm³/mol. The zero-order chi connectivity index (χ0) is 19.3. The Labute approximate surface area is 160 Å². The second-order valence-electron chi connectivity index (χ2n) is 6.06. The summed E-state index contributed by atoms with van der Waals surface area (Å²) in [5.41, 5.74) is 5.79. The maximum Gasteiger partial charge on any atom is 0.272 e. The second-order valence-corrected chi connectivity index (χ2v) is 6.06. The van der Waals surface area contributed by atoms with E-state index in [9.17, 15) is 9.18 Å². The molecule has 0 radical (unpaired) electrons. The van der Waals surface area contributed by atoms with Gasteiger partial charge in [-0.25, -0.2) is 14.8 Å². The van der Waals surface area contributed by atoms with E-state index in [0.29, 0.717) is 22.2 Å². The largest absolute Gasteiger partial charge is 0.272 e. The van der Waals surface area contributed by atoms with Gasteiger partial charge in [0.2, 0.25) is 0 Å². The van der Waals surface area contributed by atoms with Gasteiger partial charge in [0.05, 0.1) is 23.0 Å². The van der Waals surface area contributed by atoms with Crippen molar-refractivity contribution >= 4 is 23.0 Å². The van der Waals surface area contributed by atoms with Gasteiger partial charge in [0.15, 0.2) is 0 Å². The molecular formula is C22H15FN4O. The smallest absolute Gasteiger partial charge is 0.267 e. The Morgan fingerprint density at radius 1 is 1.00 bits per heavy atom. The second kappa shape index (κ2) is 7.75. The van der Waals surface area contributed by atoms with Crippen LogP contribution in [0, 0.1) is 5.82 Å². The van der Waals surface area contributed by atoms with Crippen molar-refractivity contribution in [2.24, 2.45) is 5.10 Å². The average Bonchev–Trinajstić information content (AvgIpc) is 2.74. The first-order valence-corrected chi connectivity index (χ1v) is 8.60. The summed E-state index contributed by atoms with van der Waals surface area (Å²) >= 11 is 0. The molecule has 0 atom stereocenters. The van der Waals surface area contributed by atoms with Crippen LogP contribution in [0.1, 0.15) is 15.9 Å². The van der Waals surface area contributed by atoms with Gasteiger partial charge in [0.25, 0.3) is 5.91 Å². The van der Waals surface area contributed by atoms with E-state index in [1.54, 1.807) is 48.9 Å². The summed E-state index contributed by atoms with van der Waals surface area (Å²) in [6, 6.07) is 18.6. The van der Waals surface area contributed by atoms with Crippen LogP contribution in [0.15, 0.2) is 84.2 Å². The van der Waals surface area contributed by atoms with E-state index in [4.69, 9.17) is 0 Å². The van der Waals surface area contributed by atoms with Crippen LogP contribution in [0.2, 0.25) is 0 Å². The molecule has 0 aliphatic carbocycles. The summed E-state index contributed by atoms with van der Waals surface area (Å²) in [6.45, 7) is 0. The number of pyridine rings is 2. The Morgan fingerprint density at radius 3 is 2.54 bits per heavy atom. The summed E-state index contributed by atoms with van der Waals surface area (Å²) in [5, 5.41) is 4.73. The van der Waals surface area contributed by atoms with Crippen molar-refractivity contribution in [1.82, 2.24) is 15.4 Å². The van der Waals surface area contributed by atoms with Crippen LogP contribution in [0.5, 0.6) is 0 Å². The Hall–Kier alpha value is -3.93. The van der Waals surface area contributed by atoms with Gasteiger partial charge in [-0.05, 0) is 54.1 Å². The van der Waals surface area contributed by atoms with Crippen molar-refractivity contribution in [3.63, 3.8) is 0 Å². The highest BCUT2D eigenvalue weighted by Gasteiger charge is 2.13. The number of rotatable bonds is 4. The standard InChI is InChI=1S/C22H15FN4O/c23-17-7-5-16(6-8-17)21-13-19(18-3-1-2-4-20(18)26-21)22(28)27-25-14-15-9-11-24-12-10-15/h1-14H,(H,27,28)/b25-14-. The molecular weight excluding hydrogens is 355 g/mol. The third-order valence-corrected chi connectivity index (χ3v) is 4.19. The van der Waals surface area contributed by atoms with Gasteiger partial charge >= 0.3 is 0 Å². The lowest BCUT2D eigenvalue weighted by molar-refractivity contribution is 0.0956. The molecule has 5 nitrogen and oxygen atoms in total. The molecule has 4 rings (SSSR count). The number of carbonyl (C=O) groups excluding carboxylic acids is 1. The molecule has 0 aliphatic heterocycles. The highest BCUT2D eigenvalue weighted by molar-refractivity contribution is 6.07. The number of carbonyl (C=O) groups is 1. The van der Waals surface area contributed by atoms with Crippen LogP contribution in [-0.2, 0) is 0 Å². The number of aromatic nitrogens is 2. The van der Waals surface area contributed by atoms with Crippen molar-refractivity contribution in [3.8, 4) is 11.3 Å². The molecule has 0 fully saturated rings. The molecule has 2 heterocycles. The monoisotopic (exact) mass is 370 g/mol. The molecule has 0 aliphatic rings. The van der Waals surface area contributed by atoms with Crippen LogP contribution in [0.3, 0.4) is 0 Å². The third-order valence-electron chi connectivity index (χ3n) is 4.19. The quantitative estimate of drug-likeness (QED) is 0.432. The number of hydrogen-bond donors (Lipinski definition) is 1. The molecule has 4 aromatic rings. The minimum Gasteiger partial charge on any atom is -0.267 e. The first-order valence-electron chi connectivity index (χ1n) is 8.60. The Morgan fingerprint density at radius 2 is 1.75 bits per heavy atom. The molecule has 1 N–H and O–H groups in total. The van der Waals surface area contributed by atoms with Gasteiger partial charge in [-0.1, -0.05) is 18.2 Å². The molecule has 0 bridgehead atoms. The van der Waals surface area contributed by atoms with E-state index in [2.05, 4.69) is 20.5 Å². The average molecular weight is 370 g/mol. The zero-order valence-corrected chi connectivity index (χ0v) is 14.7. The lowest BCUT2D eigenvalue weighted by Gasteiger charge is -2.09. The summed E-state index contributed by atoms with van der Waals surface area (Å²) in [7, 11) is 0. The Kier molecular flexibility index (Phi) is 4.84. The number of hydrogen-bond acceptors (Lipinski definition) is 4. The van der Waals surface area contributed by atoms with Crippen LogP contribution in [-0.4, -0.2) is 22.1 Å². The summed E-state index contributed by atoms with van der Waals surface area (Å²) in [4.78, 5) is 21.3. The number of fused-ring (bicyclic) bond motifs is 1. The van der Waals surface area contributed by atoms with Gasteiger partial charge in [-0.3, -0.25) is 9.78 Å². The van der Waals surface area contributed by atoms with Crippen LogP contribution >= 0.6 is 0 Å². The maximum atomic E-state index is 13.2.